The molecule has 10 rings (SSSR count). The van der Waals surface area contributed by atoms with Crippen molar-refractivity contribution in [1.29, 1.82) is 0 Å². The first-order chi connectivity index (χ1) is 38.1. The van der Waals surface area contributed by atoms with Crippen LogP contribution in [0.5, 0.6) is 0 Å². The van der Waals surface area contributed by atoms with E-state index in [1.165, 1.54) is 27.2 Å². The molecule has 79 heavy (non-hydrogen) atoms. The number of rotatable bonds is 10. The molecule has 0 aromatic heterocycles. The van der Waals surface area contributed by atoms with Crippen molar-refractivity contribution in [2.45, 2.75) is 102 Å². The molecule has 13 heteroatoms. The van der Waals surface area contributed by atoms with Crippen molar-refractivity contribution in [3.8, 4) is 0 Å². The quantitative estimate of drug-likeness (QED) is 0.136. The third-order valence-electron chi connectivity index (χ3n) is 15.0. The lowest BCUT2D eigenvalue weighted by Crippen LogP contribution is -2.56. The number of ether oxygens (including phenoxy) is 2. The summed E-state index contributed by atoms with van der Waals surface area (Å²) in [7, 11) is 0. The molecule has 0 bridgehead atoms. The minimum absolute atomic E-state index is 0.0165. The fourth-order valence-corrected chi connectivity index (χ4v) is 11.4. The number of carbonyl (C=O) groups is 4. The third-order valence-corrected chi connectivity index (χ3v) is 15.0. The monoisotopic (exact) mass is 1070 g/mol. The number of hydrogen-bond acceptors (Lipinski definition) is 9. The van der Waals surface area contributed by atoms with Crippen LogP contribution in [0.4, 0.5) is 9.59 Å². The van der Waals surface area contributed by atoms with Gasteiger partial charge in [-0.2, -0.15) is 0 Å². The van der Waals surface area contributed by atoms with Gasteiger partial charge in [0.2, 0.25) is 5.91 Å². The zero-order valence-electron chi connectivity index (χ0n) is 46.9. The summed E-state index contributed by atoms with van der Waals surface area (Å²) in [5.74, 6) is -1.23. The van der Waals surface area contributed by atoms with Crippen LogP contribution in [0.1, 0.15) is 112 Å². The first-order valence-corrected chi connectivity index (χ1v) is 28.1. The first-order valence-electron chi connectivity index (χ1n) is 28.1. The van der Waals surface area contributed by atoms with Crippen LogP contribution in [0, 0.1) is 0 Å². The number of nitrogens with one attached hydrogen (secondary N) is 1. The highest BCUT2D eigenvalue weighted by Crippen LogP contribution is 2.38. The van der Waals surface area contributed by atoms with Crippen molar-refractivity contribution in [3.05, 3.63) is 215 Å². The van der Waals surface area contributed by atoms with Gasteiger partial charge in [0.05, 0.1) is 12.1 Å². The van der Waals surface area contributed by atoms with Gasteiger partial charge in [-0.15, -0.1) is 0 Å². The fourth-order valence-electron chi connectivity index (χ4n) is 11.4. The van der Waals surface area contributed by atoms with Crippen LogP contribution in [0.25, 0.3) is 0 Å². The van der Waals surface area contributed by atoms with E-state index in [0.29, 0.717) is 38.6 Å². The van der Waals surface area contributed by atoms with Gasteiger partial charge in [0.1, 0.15) is 23.3 Å². The predicted molar refractivity (Wildman–Crippen MR) is 311 cm³/mol. The van der Waals surface area contributed by atoms with Crippen molar-refractivity contribution in [1.82, 2.24) is 29.8 Å². The van der Waals surface area contributed by atoms with E-state index in [9.17, 15) is 24.3 Å². The molecule has 13 nitrogen and oxygen atoms in total. The van der Waals surface area contributed by atoms with E-state index in [0.717, 1.165) is 56.8 Å². The van der Waals surface area contributed by atoms with Crippen LogP contribution < -0.4 is 5.32 Å². The molecule has 416 valence electrons. The topological polar surface area (TPSA) is 135 Å². The SMILES string of the molecule is CC(C)(C)OC(=O)N1CC[C@H](c2ccccc2)[C@H]1C(=O)N1CCN(C(c2ccccc2)c2ccccc2)CC1.CC(C)(C)OC(=O)N1CC[C@H](c2ccccc2)[C@H]1C(=O)O.c1ccc(C(c2ccccc2)N2CCNCC2)cc1. The number of carbonyl (C=O) groups excluding carboxylic acids is 3. The molecule has 3 amide bonds. The Morgan fingerprint density at radius 1 is 0.443 bits per heavy atom. The number of aliphatic carboxylic acids is 1. The molecule has 6 aromatic rings. The standard InChI is InChI=1S/C33H39N3O3.C17H20N2.C16H21NO4/c1-33(2,3)39-32(38)36-20-19-28(25-13-7-4-8-14-25)30(36)31(37)35-23-21-34(22-24-35)29(26-15-9-5-10-16-26)27-17-11-6-12-18-27;1-3-7-15(8-4-1)17(16-9-5-2-6-10-16)19-13-11-18-12-14-19;1-16(2,3)21-15(20)17-10-9-12(13(17)14(18)19)11-7-5-4-6-8-11/h4-18,28-30H,19-24H2,1-3H3;1-10,17-18H,11-14H2;4-8,12-13H,9-10H2,1-3H3,(H,18,19)/t28-,30+;;12-,13+/m1.1/s1. The molecular formula is C66H80N6O7. The average Bonchev–Trinajstić information content (AvgIpc) is 4.23. The molecule has 2 N–H and O–H groups in total. The highest BCUT2D eigenvalue weighted by atomic mass is 16.6. The Bertz CT molecular complexity index is 2760. The van der Waals surface area contributed by atoms with Gasteiger partial charge in [0.15, 0.2) is 0 Å². The maximum atomic E-state index is 14.1. The first kappa shape index (κ1) is 57.8. The van der Waals surface area contributed by atoms with Gasteiger partial charge in [0.25, 0.3) is 0 Å². The lowest BCUT2D eigenvalue weighted by molar-refractivity contribution is -0.142. The minimum Gasteiger partial charge on any atom is -0.480 e. The van der Waals surface area contributed by atoms with E-state index < -0.39 is 41.4 Å². The summed E-state index contributed by atoms with van der Waals surface area (Å²) in [4.78, 5) is 61.1. The fraction of sp³-hybridized carbons (Fsp3) is 0.394. The summed E-state index contributed by atoms with van der Waals surface area (Å²) in [6.07, 6.45) is 0.392. The van der Waals surface area contributed by atoms with E-state index in [2.05, 4.69) is 136 Å². The zero-order chi connectivity index (χ0) is 55.9. The number of carboxylic acid groups (broad SMARTS) is 1. The molecule has 0 unspecified atom stereocenters. The molecule has 0 spiro atoms. The molecule has 0 radical (unpaired) electrons. The Labute approximate surface area is 468 Å². The van der Waals surface area contributed by atoms with Gasteiger partial charge in [-0.3, -0.25) is 24.4 Å². The molecule has 4 fully saturated rings. The van der Waals surface area contributed by atoms with Crippen molar-refractivity contribution in [2.24, 2.45) is 0 Å². The van der Waals surface area contributed by atoms with Crippen LogP contribution in [0.3, 0.4) is 0 Å². The van der Waals surface area contributed by atoms with Gasteiger partial charge in [0, 0.05) is 77.3 Å². The second-order valence-corrected chi connectivity index (χ2v) is 22.8. The summed E-state index contributed by atoms with van der Waals surface area (Å²) >= 11 is 0. The van der Waals surface area contributed by atoms with Crippen LogP contribution >= 0.6 is 0 Å². The normalized spacial score (nSPS) is 19.9. The van der Waals surface area contributed by atoms with E-state index in [1.54, 1.807) is 25.7 Å². The molecule has 6 aromatic carbocycles. The number of carboxylic acids is 1. The smallest absolute Gasteiger partial charge is 0.411 e. The Hall–Kier alpha value is -7.32. The second kappa shape index (κ2) is 27.0. The van der Waals surface area contributed by atoms with Crippen LogP contribution in [-0.4, -0.2) is 142 Å². The maximum absolute atomic E-state index is 14.1. The Morgan fingerprint density at radius 3 is 1.10 bits per heavy atom. The van der Waals surface area contributed by atoms with Crippen molar-refractivity contribution >= 4 is 24.1 Å². The van der Waals surface area contributed by atoms with Gasteiger partial charge in [-0.05, 0) is 87.8 Å². The van der Waals surface area contributed by atoms with Gasteiger partial charge in [-0.25, -0.2) is 14.4 Å². The molecular weight excluding hydrogens is 989 g/mol. The number of nitrogens with zero attached hydrogens (tertiary/aromatic N) is 5. The maximum Gasteiger partial charge on any atom is 0.411 e. The summed E-state index contributed by atoms with van der Waals surface area (Å²) in [6.45, 7) is 18.9. The average molecular weight is 1070 g/mol. The van der Waals surface area contributed by atoms with Gasteiger partial charge >= 0.3 is 18.2 Å². The number of amides is 3. The molecule has 0 aliphatic carbocycles. The molecule has 4 aliphatic rings. The Kier molecular flexibility index (Phi) is 19.8. The van der Waals surface area contributed by atoms with Crippen molar-refractivity contribution < 1.29 is 33.8 Å². The van der Waals surface area contributed by atoms with Crippen LogP contribution in [-0.2, 0) is 19.1 Å². The summed E-state index contributed by atoms with van der Waals surface area (Å²) in [6, 6.07) is 61.4. The number of piperazine rings is 2. The molecule has 4 heterocycles. The highest BCUT2D eigenvalue weighted by molar-refractivity contribution is 5.88. The van der Waals surface area contributed by atoms with E-state index in [1.807, 2.05) is 86.3 Å². The van der Waals surface area contributed by atoms with E-state index >= 15 is 0 Å². The lowest BCUT2D eigenvalue weighted by Gasteiger charge is -2.41. The third kappa shape index (κ3) is 15.5. The summed E-state index contributed by atoms with van der Waals surface area (Å²) < 4.78 is 11.0. The molecule has 0 saturated carbocycles. The highest BCUT2D eigenvalue weighted by Gasteiger charge is 2.47. The Balaban J connectivity index is 0.000000172. The van der Waals surface area contributed by atoms with Gasteiger partial charge in [-0.1, -0.05) is 182 Å². The lowest BCUT2D eigenvalue weighted by atomic mass is 9.90. The second-order valence-electron chi connectivity index (χ2n) is 22.8. The van der Waals surface area contributed by atoms with Crippen molar-refractivity contribution in [2.75, 3.05) is 65.4 Å². The Morgan fingerprint density at radius 2 is 0.759 bits per heavy atom. The number of hydrogen-bond donors (Lipinski definition) is 2. The predicted octanol–water partition coefficient (Wildman–Crippen LogP) is 11.3. The number of likely N-dealkylation sites (tertiary alicyclic amines) is 2. The van der Waals surface area contributed by atoms with Crippen LogP contribution in [0.2, 0.25) is 0 Å². The summed E-state index contributed by atoms with van der Waals surface area (Å²) in [5, 5.41) is 12.9. The largest absolute Gasteiger partial charge is 0.480 e. The molecule has 4 atom stereocenters. The van der Waals surface area contributed by atoms with E-state index in [4.69, 9.17) is 9.47 Å². The summed E-state index contributed by atoms with van der Waals surface area (Å²) in [5.41, 5.74) is 6.05. The molecule has 4 aliphatic heterocycles. The molecule has 4 saturated heterocycles. The van der Waals surface area contributed by atoms with Crippen molar-refractivity contribution in [3.63, 3.8) is 0 Å². The van der Waals surface area contributed by atoms with E-state index in [-0.39, 0.29) is 23.8 Å². The zero-order valence-corrected chi connectivity index (χ0v) is 46.9. The number of benzene rings is 6. The van der Waals surface area contributed by atoms with Crippen LogP contribution in [0.15, 0.2) is 182 Å². The van der Waals surface area contributed by atoms with Gasteiger partial charge < -0.3 is 24.8 Å². The minimum atomic E-state index is -0.993.